The molecule has 5 nitrogen and oxygen atoms in total. The summed E-state index contributed by atoms with van der Waals surface area (Å²) >= 11 is 0. The monoisotopic (exact) mass is 391 g/mol. The van der Waals surface area contributed by atoms with Gasteiger partial charge in [0.15, 0.2) is 5.82 Å². The maximum atomic E-state index is 4.54. The van der Waals surface area contributed by atoms with Gasteiger partial charge in [0.05, 0.1) is 5.69 Å². The number of nitrogens with one attached hydrogen (secondary N) is 1. The molecule has 0 aliphatic heterocycles. The zero-order valence-corrected chi connectivity index (χ0v) is 18.6. The molecule has 5 heteroatoms. The first kappa shape index (κ1) is 21.0. The Morgan fingerprint density at radius 1 is 1.21 bits per heavy atom. The van der Waals surface area contributed by atoms with Gasteiger partial charge in [0, 0.05) is 23.7 Å². The molecule has 2 aromatic heterocycles. The highest BCUT2D eigenvalue weighted by Gasteiger charge is 2.23. The Labute approximate surface area is 174 Å². The number of allylic oxidation sites excluding steroid dienone is 6. The zero-order chi connectivity index (χ0) is 21.0. The van der Waals surface area contributed by atoms with Crippen molar-refractivity contribution in [2.75, 3.05) is 11.9 Å². The molecule has 2 aromatic rings. The second-order valence-electron chi connectivity index (χ2n) is 8.36. The van der Waals surface area contributed by atoms with Crippen molar-refractivity contribution in [3.63, 3.8) is 0 Å². The van der Waals surface area contributed by atoms with E-state index in [2.05, 4.69) is 71.5 Å². The highest BCUT2D eigenvalue weighted by atomic mass is 15.3. The third-order valence-corrected chi connectivity index (χ3v) is 5.65. The number of nitrogens with zero attached hydrogens (tertiary/aromatic N) is 4. The SMILES string of the molecule is CC1=CCC(C)(/C(C)=C\CCCNc2cc(-n3nc(C)cc3C)nc(C)n2)C=C1. The molecule has 0 bridgehead atoms. The Morgan fingerprint density at radius 2 is 2.00 bits per heavy atom. The normalized spacial score (nSPS) is 19.4. The third-order valence-electron chi connectivity index (χ3n) is 5.65. The molecule has 1 aliphatic carbocycles. The summed E-state index contributed by atoms with van der Waals surface area (Å²) in [5, 5.41) is 7.97. The van der Waals surface area contributed by atoms with Crippen LogP contribution in [0.4, 0.5) is 5.82 Å². The lowest BCUT2D eigenvalue weighted by Gasteiger charge is -2.29. The molecule has 0 aromatic carbocycles. The number of unbranched alkanes of at least 4 members (excludes halogenated alkanes) is 1. The van der Waals surface area contributed by atoms with Crippen molar-refractivity contribution in [2.45, 2.75) is 60.8 Å². The van der Waals surface area contributed by atoms with Crippen LogP contribution in [0.25, 0.3) is 5.82 Å². The first-order valence-electron chi connectivity index (χ1n) is 10.4. The van der Waals surface area contributed by atoms with Gasteiger partial charge < -0.3 is 5.32 Å². The molecule has 0 fully saturated rings. The predicted molar refractivity (Wildman–Crippen MR) is 120 cm³/mol. The highest BCUT2D eigenvalue weighted by molar-refractivity contribution is 5.42. The van der Waals surface area contributed by atoms with E-state index in [-0.39, 0.29) is 5.41 Å². The molecule has 0 spiro atoms. The summed E-state index contributed by atoms with van der Waals surface area (Å²) in [5.74, 6) is 2.40. The van der Waals surface area contributed by atoms with Crippen LogP contribution in [0.3, 0.4) is 0 Å². The van der Waals surface area contributed by atoms with Crippen molar-refractivity contribution in [3.8, 4) is 5.82 Å². The van der Waals surface area contributed by atoms with Gasteiger partial charge in [-0.25, -0.2) is 14.6 Å². The fourth-order valence-corrected chi connectivity index (χ4v) is 3.60. The maximum absolute atomic E-state index is 4.54. The molecule has 1 atom stereocenters. The molecule has 2 heterocycles. The maximum Gasteiger partial charge on any atom is 0.159 e. The molecule has 29 heavy (non-hydrogen) atoms. The van der Waals surface area contributed by atoms with Crippen LogP contribution in [0, 0.1) is 26.2 Å². The molecule has 0 radical (unpaired) electrons. The lowest BCUT2D eigenvalue weighted by atomic mass is 9.76. The van der Waals surface area contributed by atoms with E-state index in [1.165, 1.54) is 11.1 Å². The largest absolute Gasteiger partial charge is 0.370 e. The van der Waals surface area contributed by atoms with Gasteiger partial charge in [-0.3, -0.25) is 0 Å². The minimum atomic E-state index is 0.158. The fraction of sp³-hybridized carbons (Fsp3) is 0.458. The molecule has 1 unspecified atom stereocenters. The van der Waals surface area contributed by atoms with Crippen molar-refractivity contribution < 1.29 is 0 Å². The minimum absolute atomic E-state index is 0.158. The molecule has 1 N–H and O–H groups in total. The summed E-state index contributed by atoms with van der Waals surface area (Å²) in [6.07, 6.45) is 12.5. The average Bonchev–Trinajstić information content (AvgIpc) is 3.01. The van der Waals surface area contributed by atoms with Crippen LogP contribution in [0.1, 0.15) is 57.2 Å². The van der Waals surface area contributed by atoms with Crippen LogP contribution in [0.5, 0.6) is 0 Å². The van der Waals surface area contributed by atoms with Crippen LogP contribution >= 0.6 is 0 Å². The van der Waals surface area contributed by atoms with E-state index in [9.17, 15) is 0 Å². The van der Waals surface area contributed by atoms with E-state index < -0.39 is 0 Å². The molecule has 0 amide bonds. The highest BCUT2D eigenvalue weighted by Crippen LogP contribution is 2.36. The fourth-order valence-electron chi connectivity index (χ4n) is 3.60. The Morgan fingerprint density at radius 3 is 2.66 bits per heavy atom. The van der Waals surface area contributed by atoms with Crippen molar-refractivity contribution in [1.82, 2.24) is 19.7 Å². The second kappa shape index (κ2) is 8.76. The molecule has 3 rings (SSSR count). The molecule has 0 saturated heterocycles. The van der Waals surface area contributed by atoms with Gasteiger partial charge in [0.25, 0.3) is 0 Å². The van der Waals surface area contributed by atoms with Gasteiger partial charge in [-0.2, -0.15) is 5.10 Å². The Hall–Kier alpha value is -2.69. The number of hydrogen-bond acceptors (Lipinski definition) is 4. The van der Waals surface area contributed by atoms with Gasteiger partial charge in [-0.05, 0) is 59.9 Å². The summed E-state index contributed by atoms with van der Waals surface area (Å²) in [7, 11) is 0. The minimum Gasteiger partial charge on any atom is -0.370 e. The summed E-state index contributed by atoms with van der Waals surface area (Å²) in [6, 6.07) is 4.02. The van der Waals surface area contributed by atoms with Crippen LogP contribution in [0.2, 0.25) is 0 Å². The zero-order valence-electron chi connectivity index (χ0n) is 18.6. The van der Waals surface area contributed by atoms with Crippen molar-refractivity contribution >= 4 is 5.82 Å². The smallest absolute Gasteiger partial charge is 0.159 e. The van der Waals surface area contributed by atoms with Gasteiger partial charge in [0.2, 0.25) is 0 Å². The van der Waals surface area contributed by atoms with Crippen LogP contribution < -0.4 is 5.32 Å². The third kappa shape index (κ3) is 5.22. The van der Waals surface area contributed by atoms with Crippen molar-refractivity contribution in [3.05, 3.63) is 64.8 Å². The second-order valence-corrected chi connectivity index (χ2v) is 8.36. The molecular weight excluding hydrogens is 358 g/mol. The van der Waals surface area contributed by atoms with E-state index in [0.29, 0.717) is 0 Å². The number of aryl methyl sites for hydroxylation is 3. The van der Waals surface area contributed by atoms with E-state index in [1.54, 1.807) is 0 Å². The van der Waals surface area contributed by atoms with E-state index >= 15 is 0 Å². The summed E-state index contributed by atoms with van der Waals surface area (Å²) < 4.78 is 1.87. The molecular formula is C24H33N5. The Bertz CT molecular complexity index is 964. The first-order valence-corrected chi connectivity index (χ1v) is 10.4. The van der Waals surface area contributed by atoms with E-state index in [1.807, 2.05) is 31.5 Å². The van der Waals surface area contributed by atoms with Gasteiger partial charge >= 0.3 is 0 Å². The topological polar surface area (TPSA) is 55.6 Å². The van der Waals surface area contributed by atoms with Crippen LogP contribution in [0.15, 0.2) is 47.6 Å². The van der Waals surface area contributed by atoms with Crippen molar-refractivity contribution in [1.29, 1.82) is 0 Å². The predicted octanol–water partition coefficient (Wildman–Crippen LogP) is 5.64. The number of aromatic nitrogens is 4. The molecule has 1 aliphatic rings. The van der Waals surface area contributed by atoms with Gasteiger partial charge in [0.1, 0.15) is 11.6 Å². The van der Waals surface area contributed by atoms with Gasteiger partial charge in [-0.1, -0.05) is 42.4 Å². The molecule has 154 valence electrons. The Balaban J connectivity index is 1.56. The summed E-state index contributed by atoms with van der Waals surface area (Å²) in [5.41, 5.74) is 5.03. The van der Waals surface area contributed by atoms with Crippen molar-refractivity contribution in [2.24, 2.45) is 5.41 Å². The first-order chi connectivity index (χ1) is 13.8. The quantitative estimate of drug-likeness (QED) is 0.490. The summed E-state index contributed by atoms with van der Waals surface area (Å²) in [4.78, 5) is 9.07. The van der Waals surface area contributed by atoms with E-state index in [0.717, 1.165) is 54.7 Å². The van der Waals surface area contributed by atoms with Gasteiger partial charge in [-0.15, -0.1) is 0 Å². The lowest BCUT2D eigenvalue weighted by Crippen LogP contribution is -2.16. The lowest BCUT2D eigenvalue weighted by molar-refractivity contribution is 0.512. The van der Waals surface area contributed by atoms with E-state index in [4.69, 9.17) is 0 Å². The van der Waals surface area contributed by atoms with Crippen LogP contribution in [-0.2, 0) is 0 Å². The number of anilines is 1. The number of rotatable bonds is 7. The Kier molecular flexibility index (Phi) is 6.36. The average molecular weight is 392 g/mol. The summed E-state index contributed by atoms with van der Waals surface area (Å²) in [6.45, 7) is 13.6. The standard InChI is InChI=1S/C24H33N5/c1-17-10-12-24(6,13-11-17)18(2)9-7-8-14-25-22-16-23(27-21(5)26-22)29-20(4)15-19(3)28-29/h9-12,15-16H,7-8,13-14H2,1-6H3,(H,25,26,27)/b18-9-. The number of hydrogen-bond donors (Lipinski definition) is 1. The molecule has 0 saturated carbocycles. The van der Waals surface area contributed by atoms with Crippen LogP contribution in [-0.4, -0.2) is 26.3 Å².